The van der Waals surface area contributed by atoms with Crippen LogP contribution in [0.25, 0.3) is 0 Å². The highest BCUT2D eigenvalue weighted by molar-refractivity contribution is 7.80. The van der Waals surface area contributed by atoms with Crippen LogP contribution < -0.4 is 11.1 Å². The Kier molecular flexibility index (Phi) is 3.93. The number of nitrogens with one attached hydrogen (secondary N) is 1. The van der Waals surface area contributed by atoms with Crippen molar-refractivity contribution in [2.45, 2.75) is 32.2 Å². The number of thiocarbonyl (C=S) groups is 1. The number of hydrogen-bond acceptors (Lipinski definition) is 2. The van der Waals surface area contributed by atoms with Crippen LogP contribution in [-0.4, -0.2) is 10.9 Å². The second-order valence-corrected chi connectivity index (χ2v) is 6.61. The summed E-state index contributed by atoms with van der Waals surface area (Å²) in [6.45, 7) is 0.218. The maximum absolute atomic E-state index is 13.9. The van der Waals surface area contributed by atoms with Crippen molar-refractivity contribution >= 4 is 23.1 Å². The molecule has 0 aromatic heterocycles. The van der Waals surface area contributed by atoms with Gasteiger partial charge in [0, 0.05) is 23.6 Å². The number of rotatable bonds is 4. The van der Waals surface area contributed by atoms with Crippen LogP contribution >= 0.6 is 12.2 Å². The third kappa shape index (κ3) is 2.93. The molecule has 112 valence electrons. The van der Waals surface area contributed by atoms with Crippen LogP contribution in [-0.2, 0) is 11.3 Å². The molecular weight excluding hydrogens is 287 g/mol. The summed E-state index contributed by atoms with van der Waals surface area (Å²) < 4.78 is 13.9. The number of halogens is 1. The van der Waals surface area contributed by atoms with E-state index in [1.807, 2.05) is 0 Å². The van der Waals surface area contributed by atoms with Crippen molar-refractivity contribution in [1.29, 1.82) is 0 Å². The van der Waals surface area contributed by atoms with Crippen LogP contribution in [0.2, 0.25) is 0 Å². The minimum atomic E-state index is -0.381. The van der Waals surface area contributed by atoms with Gasteiger partial charge in [0.2, 0.25) is 5.91 Å². The van der Waals surface area contributed by atoms with Gasteiger partial charge in [0.05, 0.1) is 0 Å². The zero-order valence-electron chi connectivity index (χ0n) is 11.8. The molecule has 1 amide bonds. The zero-order chi connectivity index (χ0) is 15.0. The van der Waals surface area contributed by atoms with Crippen molar-refractivity contribution in [3.05, 3.63) is 35.1 Å². The van der Waals surface area contributed by atoms with Gasteiger partial charge in [0.25, 0.3) is 0 Å². The summed E-state index contributed by atoms with van der Waals surface area (Å²) in [4.78, 5) is 12.4. The molecule has 2 fully saturated rings. The molecule has 3 atom stereocenters. The summed E-state index contributed by atoms with van der Waals surface area (Å²) in [6.07, 6.45) is 4.62. The van der Waals surface area contributed by atoms with E-state index >= 15 is 0 Å². The molecule has 1 aromatic carbocycles. The van der Waals surface area contributed by atoms with Crippen molar-refractivity contribution < 1.29 is 9.18 Å². The Bertz CT molecular complexity index is 590. The standard InChI is InChI=1S/C16H19FN2OS/c17-14-7-11(15(18)21)3-4-12(14)8-19-16(20)13-6-9-1-2-10(13)5-9/h3-4,7,9-10,13H,1-2,5-6,8H2,(H2,18,21)(H,19,20). The SMILES string of the molecule is NC(=S)c1ccc(CNC(=O)C2CC3CCC2C3)c(F)c1. The molecule has 0 spiro atoms. The molecule has 2 bridgehead atoms. The van der Waals surface area contributed by atoms with Crippen LogP contribution in [0.15, 0.2) is 18.2 Å². The number of fused-ring (bicyclic) bond motifs is 2. The van der Waals surface area contributed by atoms with Crippen LogP contribution in [0.1, 0.15) is 36.8 Å². The van der Waals surface area contributed by atoms with Crippen molar-refractivity contribution in [3.8, 4) is 0 Å². The fourth-order valence-corrected chi connectivity index (χ4v) is 3.85. The van der Waals surface area contributed by atoms with Gasteiger partial charge in [-0.3, -0.25) is 4.79 Å². The Balaban J connectivity index is 1.60. The van der Waals surface area contributed by atoms with Gasteiger partial charge in [-0.25, -0.2) is 4.39 Å². The Labute approximate surface area is 129 Å². The monoisotopic (exact) mass is 306 g/mol. The highest BCUT2D eigenvalue weighted by Gasteiger charge is 2.42. The number of carbonyl (C=O) groups excluding carboxylic acids is 1. The number of nitrogens with two attached hydrogens (primary N) is 1. The van der Waals surface area contributed by atoms with E-state index in [2.05, 4.69) is 5.32 Å². The maximum Gasteiger partial charge on any atom is 0.223 e. The van der Waals surface area contributed by atoms with Crippen molar-refractivity contribution in [2.24, 2.45) is 23.5 Å². The predicted octanol–water partition coefficient (Wildman–Crippen LogP) is 2.51. The summed E-state index contributed by atoms with van der Waals surface area (Å²) in [7, 11) is 0. The second-order valence-electron chi connectivity index (χ2n) is 6.17. The molecule has 3 unspecified atom stereocenters. The fraction of sp³-hybridized carbons (Fsp3) is 0.500. The van der Waals surface area contributed by atoms with E-state index in [0.717, 1.165) is 12.3 Å². The van der Waals surface area contributed by atoms with Crippen LogP contribution in [0, 0.1) is 23.6 Å². The van der Waals surface area contributed by atoms with Crippen LogP contribution in [0.4, 0.5) is 4.39 Å². The molecule has 2 aliphatic rings. The number of amides is 1. The molecule has 5 heteroatoms. The molecule has 0 radical (unpaired) electrons. The van der Waals surface area contributed by atoms with E-state index in [4.69, 9.17) is 18.0 Å². The first-order valence-electron chi connectivity index (χ1n) is 7.40. The molecule has 2 aliphatic carbocycles. The first-order chi connectivity index (χ1) is 10.0. The molecule has 1 aromatic rings. The third-order valence-electron chi connectivity index (χ3n) is 4.87. The first-order valence-corrected chi connectivity index (χ1v) is 7.81. The Morgan fingerprint density at radius 3 is 2.76 bits per heavy atom. The summed E-state index contributed by atoms with van der Waals surface area (Å²) in [5.74, 6) is 1.08. The van der Waals surface area contributed by atoms with E-state index in [1.54, 1.807) is 12.1 Å². The van der Waals surface area contributed by atoms with Gasteiger partial charge >= 0.3 is 0 Å². The quantitative estimate of drug-likeness (QED) is 0.841. The van der Waals surface area contributed by atoms with E-state index in [0.29, 0.717) is 17.0 Å². The summed E-state index contributed by atoms with van der Waals surface area (Å²) in [5, 5.41) is 2.87. The van der Waals surface area contributed by atoms with E-state index in [9.17, 15) is 9.18 Å². The lowest BCUT2D eigenvalue weighted by Gasteiger charge is -2.20. The summed E-state index contributed by atoms with van der Waals surface area (Å²) in [5.41, 5.74) is 6.44. The summed E-state index contributed by atoms with van der Waals surface area (Å²) >= 11 is 4.82. The highest BCUT2D eigenvalue weighted by Crippen LogP contribution is 2.48. The van der Waals surface area contributed by atoms with Crippen LogP contribution in [0.3, 0.4) is 0 Å². The zero-order valence-corrected chi connectivity index (χ0v) is 12.6. The highest BCUT2D eigenvalue weighted by atomic mass is 32.1. The molecule has 3 N–H and O–H groups in total. The van der Waals surface area contributed by atoms with Gasteiger partial charge in [-0.15, -0.1) is 0 Å². The predicted molar refractivity (Wildman–Crippen MR) is 83.1 cm³/mol. The minimum Gasteiger partial charge on any atom is -0.389 e. The van der Waals surface area contributed by atoms with E-state index in [-0.39, 0.29) is 29.2 Å². The Morgan fingerprint density at radius 2 is 2.19 bits per heavy atom. The molecule has 0 heterocycles. The smallest absolute Gasteiger partial charge is 0.223 e. The summed E-state index contributed by atoms with van der Waals surface area (Å²) in [6, 6.07) is 4.64. The average molecular weight is 306 g/mol. The van der Waals surface area contributed by atoms with Crippen molar-refractivity contribution in [1.82, 2.24) is 5.32 Å². The van der Waals surface area contributed by atoms with Gasteiger partial charge in [-0.05, 0) is 37.2 Å². The largest absolute Gasteiger partial charge is 0.389 e. The third-order valence-corrected chi connectivity index (χ3v) is 5.10. The van der Waals surface area contributed by atoms with Crippen molar-refractivity contribution in [3.63, 3.8) is 0 Å². The number of benzene rings is 1. The number of hydrogen-bond donors (Lipinski definition) is 2. The first kappa shape index (κ1) is 14.4. The van der Waals surface area contributed by atoms with Gasteiger partial charge in [0.15, 0.2) is 0 Å². The Morgan fingerprint density at radius 1 is 1.38 bits per heavy atom. The Hall–Kier alpha value is -1.49. The van der Waals surface area contributed by atoms with Crippen LogP contribution in [0.5, 0.6) is 0 Å². The molecule has 0 aliphatic heterocycles. The lowest BCUT2D eigenvalue weighted by molar-refractivity contribution is -0.126. The van der Waals surface area contributed by atoms with E-state index < -0.39 is 0 Å². The molecule has 0 saturated heterocycles. The second kappa shape index (κ2) is 5.72. The minimum absolute atomic E-state index is 0.0695. The molecule has 3 nitrogen and oxygen atoms in total. The lowest BCUT2D eigenvalue weighted by atomic mass is 9.88. The fourth-order valence-electron chi connectivity index (χ4n) is 3.72. The van der Waals surface area contributed by atoms with Gasteiger partial charge in [0.1, 0.15) is 10.8 Å². The normalized spacial score (nSPS) is 26.8. The molecule has 3 rings (SSSR count). The maximum atomic E-state index is 13.9. The van der Waals surface area contributed by atoms with Gasteiger partial charge < -0.3 is 11.1 Å². The lowest BCUT2D eigenvalue weighted by Crippen LogP contribution is -2.33. The molecular formula is C16H19FN2OS. The molecule has 2 saturated carbocycles. The number of carbonyl (C=O) groups is 1. The average Bonchev–Trinajstić information content (AvgIpc) is 3.08. The molecule has 21 heavy (non-hydrogen) atoms. The van der Waals surface area contributed by atoms with E-state index in [1.165, 1.54) is 25.3 Å². The topological polar surface area (TPSA) is 55.1 Å². The van der Waals surface area contributed by atoms with Crippen molar-refractivity contribution in [2.75, 3.05) is 0 Å². The van der Waals surface area contributed by atoms with Gasteiger partial charge in [-0.2, -0.15) is 0 Å². The van der Waals surface area contributed by atoms with Gasteiger partial charge in [-0.1, -0.05) is 30.8 Å².